The molecule has 1 aliphatic rings. The number of rotatable bonds is 3. The third-order valence-electron chi connectivity index (χ3n) is 3.94. The summed E-state index contributed by atoms with van der Waals surface area (Å²) in [5, 5.41) is 0. The molecular formula is C19H26N2O6. The minimum absolute atomic E-state index is 0.0119. The van der Waals surface area contributed by atoms with E-state index in [9.17, 15) is 14.4 Å². The van der Waals surface area contributed by atoms with Gasteiger partial charge in [0.25, 0.3) is 0 Å². The molecule has 148 valence electrons. The zero-order valence-corrected chi connectivity index (χ0v) is 16.1. The Kier molecular flexibility index (Phi) is 6.65. The van der Waals surface area contributed by atoms with Gasteiger partial charge in [0, 0.05) is 13.1 Å². The van der Waals surface area contributed by atoms with Crippen LogP contribution in [0, 0.1) is 0 Å². The van der Waals surface area contributed by atoms with Crippen molar-refractivity contribution in [1.82, 2.24) is 9.80 Å². The van der Waals surface area contributed by atoms with Gasteiger partial charge in [0.2, 0.25) is 0 Å². The second-order valence-corrected chi connectivity index (χ2v) is 7.20. The van der Waals surface area contributed by atoms with Gasteiger partial charge in [-0.1, -0.05) is 30.3 Å². The Morgan fingerprint density at radius 3 is 2.33 bits per heavy atom. The molecule has 1 aliphatic heterocycles. The third-order valence-corrected chi connectivity index (χ3v) is 3.94. The van der Waals surface area contributed by atoms with Gasteiger partial charge in [0.1, 0.15) is 12.2 Å². The zero-order chi connectivity index (χ0) is 20.0. The first-order chi connectivity index (χ1) is 12.7. The lowest BCUT2D eigenvalue weighted by Gasteiger charge is -2.39. The Hall–Kier alpha value is -2.77. The number of ether oxygens (including phenoxy) is 3. The van der Waals surface area contributed by atoms with Crippen LogP contribution in [0.4, 0.5) is 9.59 Å². The van der Waals surface area contributed by atoms with Gasteiger partial charge >= 0.3 is 18.2 Å². The van der Waals surface area contributed by atoms with Gasteiger partial charge in [-0.15, -0.1) is 0 Å². The summed E-state index contributed by atoms with van der Waals surface area (Å²) >= 11 is 0. The predicted molar refractivity (Wildman–Crippen MR) is 96.9 cm³/mol. The molecule has 2 amide bonds. The van der Waals surface area contributed by atoms with Gasteiger partial charge < -0.3 is 19.1 Å². The van der Waals surface area contributed by atoms with Crippen molar-refractivity contribution >= 4 is 18.2 Å². The van der Waals surface area contributed by atoms with Crippen LogP contribution in [0.2, 0.25) is 0 Å². The van der Waals surface area contributed by atoms with E-state index in [-0.39, 0.29) is 26.2 Å². The smallest absolute Gasteiger partial charge is 0.410 e. The van der Waals surface area contributed by atoms with Crippen LogP contribution in [0.3, 0.4) is 0 Å². The van der Waals surface area contributed by atoms with E-state index in [0.29, 0.717) is 0 Å². The number of nitrogens with zero attached hydrogens (tertiary/aromatic N) is 2. The van der Waals surface area contributed by atoms with Crippen LogP contribution in [-0.2, 0) is 25.6 Å². The van der Waals surface area contributed by atoms with Crippen molar-refractivity contribution in [2.24, 2.45) is 0 Å². The lowest BCUT2D eigenvalue weighted by molar-refractivity contribution is -0.148. The molecule has 0 radical (unpaired) electrons. The van der Waals surface area contributed by atoms with Crippen molar-refractivity contribution in [2.45, 2.75) is 39.0 Å². The topological polar surface area (TPSA) is 85.4 Å². The molecule has 8 heteroatoms. The lowest BCUT2D eigenvalue weighted by Crippen LogP contribution is -2.60. The Morgan fingerprint density at radius 2 is 1.74 bits per heavy atom. The van der Waals surface area contributed by atoms with Crippen LogP contribution in [0.1, 0.15) is 26.3 Å². The largest absolute Gasteiger partial charge is 0.467 e. The monoisotopic (exact) mass is 378 g/mol. The second-order valence-electron chi connectivity index (χ2n) is 7.20. The molecule has 1 aromatic rings. The van der Waals surface area contributed by atoms with Crippen molar-refractivity contribution in [3.05, 3.63) is 35.9 Å². The van der Waals surface area contributed by atoms with Crippen LogP contribution in [0.25, 0.3) is 0 Å². The minimum Gasteiger partial charge on any atom is -0.467 e. The van der Waals surface area contributed by atoms with E-state index in [0.717, 1.165) is 5.56 Å². The molecule has 8 nitrogen and oxygen atoms in total. The Labute approximate surface area is 159 Å². The summed E-state index contributed by atoms with van der Waals surface area (Å²) in [5.74, 6) is -0.611. The van der Waals surface area contributed by atoms with Crippen LogP contribution in [-0.4, -0.2) is 66.3 Å². The van der Waals surface area contributed by atoms with Crippen molar-refractivity contribution in [3.8, 4) is 0 Å². The number of hydrogen-bond acceptors (Lipinski definition) is 6. The summed E-state index contributed by atoms with van der Waals surface area (Å²) in [6.07, 6.45) is -1.16. The van der Waals surface area contributed by atoms with Crippen LogP contribution in [0.15, 0.2) is 30.3 Å². The van der Waals surface area contributed by atoms with Gasteiger partial charge in [-0.05, 0) is 26.3 Å². The molecule has 1 unspecified atom stereocenters. The molecule has 0 spiro atoms. The van der Waals surface area contributed by atoms with E-state index >= 15 is 0 Å². The van der Waals surface area contributed by atoms with Crippen LogP contribution >= 0.6 is 0 Å². The summed E-state index contributed by atoms with van der Waals surface area (Å²) in [5.41, 5.74) is 0.191. The maximum atomic E-state index is 12.5. The highest BCUT2D eigenvalue weighted by Crippen LogP contribution is 2.17. The van der Waals surface area contributed by atoms with E-state index in [2.05, 4.69) is 0 Å². The fourth-order valence-corrected chi connectivity index (χ4v) is 2.63. The molecule has 0 N–H and O–H groups in total. The standard InChI is InChI=1S/C19H26N2O6/c1-19(2,3)27-17(23)20-10-11-21(15(12-20)16(22)25-4)18(24)26-13-14-8-6-5-7-9-14/h5-9,15H,10-13H2,1-4H3. The SMILES string of the molecule is COC(=O)C1CN(C(=O)OC(C)(C)C)CCN1C(=O)OCc1ccccc1. The van der Waals surface area contributed by atoms with Gasteiger partial charge in [-0.2, -0.15) is 0 Å². The molecule has 0 bridgehead atoms. The summed E-state index contributed by atoms with van der Waals surface area (Å²) in [6.45, 7) is 5.76. The number of methoxy groups -OCH3 is 1. The van der Waals surface area contributed by atoms with Gasteiger partial charge in [-0.25, -0.2) is 14.4 Å². The average molecular weight is 378 g/mol. The molecule has 0 saturated carbocycles. The van der Waals surface area contributed by atoms with E-state index in [1.165, 1.54) is 16.9 Å². The summed E-state index contributed by atoms with van der Waals surface area (Å²) in [7, 11) is 1.24. The highest BCUT2D eigenvalue weighted by Gasteiger charge is 2.39. The number of carbonyl (C=O) groups excluding carboxylic acids is 3. The van der Waals surface area contributed by atoms with Gasteiger partial charge in [0.15, 0.2) is 6.04 Å². The maximum absolute atomic E-state index is 12.5. The summed E-state index contributed by atoms with van der Waals surface area (Å²) in [4.78, 5) is 39.6. The Balaban J connectivity index is 2.02. The fourth-order valence-electron chi connectivity index (χ4n) is 2.63. The second kappa shape index (κ2) is 8.75. The van der Waals surface area contributed by atoms with Crippen LogP contribution in [0.5, 0.6) is 0 Å². The predicted octanol–water partition coefficient (Wildman–Crippen LogP) is 2.42. The van der Waals surface area contributed by atoms with E-state index < -0.39 is 29.8 Å². The average Bonchev–Trinajstić information content (AvgIpc) is 2.64. The molecule has 1 heterocycles. The first-order valence-electron chi connectivity index (χ1n) is 8.74. The molecule has 1 saturated heterocycles. The zero-order valence-electron chi connectivity index (χ0n) is 16.1. The maximum Gasteiger partial charge on any atom is 0.410 e. The molecule has 1 atom stereocenters. The van der Waals surface area contributed by atoms with Crippen molar-refractivity contribution in [2.75, 3.05) is 26.7 Å². The molecule has 2 rings (SSSR count). The number of amides is 2. The van der Waals surface area contributed by atoms with Gasteiger partial charge in [0.05, 0.1) is 13.7 Å². The molecule has 1 fully saturated rings. The molecule has 27 heavy (non-hydrogen) atoms. The fraction of sp³-hybridized carbons (Fsp3) is 0.526. The number of carbonyl (C=O) groups is 3. The van der Waals surface area contributed by atoms with E-state index in [1.54, 1.807) is 20.8 Å². The summed E-state index contributed by atoms with van der Waals surface area (Å²) in [6, 6.07) is 8.30. The summed E-state index contributed by atoms with van der Waals surface area (Å²) < 4.78 is 15.4. The molecule has 1 aromatic carbocycles. The first kappa shape index (κ1) is 20.5. The first-order valence-corrected chi connectivity index (χ1v) is 8.74. The number of esters is 1. The number of piperazine rings is 1. The van der Waals surface area contributed by atoms with E-state index in [1.807, 2.05) is 30.3 Å². The van der Waals surface area contributed by atoms with Crippen molar-refractivity contribution < 1.29 is 28.6 Å². The number of hydrogen-bond donors (Lipinski definition) is 0. The minimum atomic E-state index is -0.945. The van der Waals surface area contributed by atoms with Crippen molar-refractivity contribution in [3.63, 3.8) is 0 Å². The number of benzene rings is 1. The highest BCUT2D eigenvalue weighted by molar-refractivity contribution is 5.83. The van der Waals surface area contributed by atoms with Crippen LogP contribution < -0.4 is 0 Å². The normalized spacial score (nSPS) is 17.3. The Morgan fingerprint density at radius 1 is 1.07 bits per heavy atom. The lowest BCUT2D eigenvalue weighted by atomic mass is 10.1. The quantitative estimate of drug-likeness (QED) is 0.593. The molecule has 0 aliphatic carbocycles. The Bertz CT molecular complexity index is 671. The van der Waals surface area contributed by atoms with E-state index in [4.69, 9.17) is 14.2 Å². The van der Waals surface area contributed by atoms with Crippen molar-refractivity contribution in [1.29, 1.82) is 0 Å². The molecular weight excluding hydrogens is 352 g/mol. The van der Waals surface area contributed by atoms with Gasteiger partial charge in [-0.3, -0.25) is 4.90 Å². The third kappa shape index (κ3) is 5.87. The molecule has 0 aromatic heterocycles. The highest BCUT2D eigenvalue weighted by atomic mass is 16.6.